The van der Waals surface area contributed by atoms with Crippen LogP contribution in [0.4, 0.5) is 0 Å². The van der Waals surface area contributed by atoms with Gasteiger partial charge in [0.05, 0.1) is 28.1 Å². The molecular formula is C57H40N6. The van der Waals surface area contributed by atoms with Crippen LogP contribution in [0.1, 0.15) is 11.1 Å². The third-order valence-electron chi connectivity index (χ3n) is 11.7. The van der Waals surface area contributed by atoms with Crippen LogP contribution in [0.3, 0.4) is 0 Å². The predicted octanol–water partition coefficient (Wildman–Crippen LogP) is 14.0. The number of hydrogen-bond acceptors (Lipinski definition) is 5. The summed E-state index contributed by atoms with van der Waals surface area (Å²) in [5.41, 5.74) is 15.1. The van der Waals surface area contributed by atoms with Crippen molar-refractivity contribution < 1.29 is 0 Å². The van der Waals surface area contributed by atoms with Gasteiger partial charge in [-0.05, 0) is 66.9 Å². The number of nitrogens with zero attached hydrogens (tertiary/aromatic N) is 6. The third-order valence-corrected chi connectivity index (χ3v) is 11.7. The van der Waals surface area contributed by atoms with Crippen molar-refractivity contribution in [1.29, 1.82) is 0 Å². The molecule has 0 bridgehead atoms. The van der Waals surface area contributed by atoms with Gasteiger partial charge in [-0.15, -0.1) is 0 Å². The molecule has 11 aromatic rings. The number of fused-ring (bicyclic) bond motifs is 3. The molecular weight excluding hydrogens is 769 g/mol. The Kier molecular flexibility index (Phi) is 9.51. The van der Waals surface area contributed by atoms with E-state index >= 15 is 0 Å². The Hall–Kier alpha value is -8.35. The zero-order valence-electron chi connectivity index (χ0n) is 34.8. The molecule has 0 amide bonds. The fourth-order valence-electron chi connectivity index (χ4n) is 8.61. The van der Waals surface area contributed by atoms with Gasteiger partial charge in [-0.2, -0.15) is 0 Å². The van der Waals surface area contributed by atoms with Gasteiger partial charge in [-0.1, -0.05) is 175 Å². The van der Waals surface area contributed by atoms with Crippen LogP contribution in [0.15, 0.2) is 206 Å². The average molecular weight is 809 g/mol. The van der Waals surface area contributed by atoms with E-state index in [0.717, 1.165) is 67.1 Å². The summed E-state index contributed by atoms with van der Waals surface area (Å²) >= 11 is 0. The lowest BCUT2D eigenvalue weighted by molar-refractivity contribution is 1.07. The Bertz CT molecular complexity index is 3340. The lowest BCUT2D eigenvalue weighted by Gasteiger charge is -2.17. The molecule has 0 aliphatic rings. The van der Waals surface area contributed by atoms with Crippen LogP contribution in [-0.2, 0) is 0 Å². The van der Waals surface area contributed by atoms with Crippen molar-refractivity contribution in [3.8, 4) is 84.9 Å². The second-order valence-corrected chi connectivity index (χ2v) is 15.9. The minimum Gasteiger partial charge on any atom is -0.309 e. The van der Waals surface area contributed by atoms with Crippen molar-refractivity contribution in [3.05, 3.63) is 217 Å². The van der Waals surface area contributed by atoms with Crippen molar-refractivity contribution in [2.75, 3.05) is 0 Å². The molecule has 3 heterocycles. The number of para-hydroxylation sites is 1. The molecule has 6 nitrogen and oxygen atoms in total. The Morgan fingerprint density at radius 2 is 0.825 bits per heavy atom. The number of benzene rings is 8. The molecule has 0 N–H and O–H groups in total. The lowest BCUT2D eigenvalue weighted by atomic mass is 9.97. The average Bonchev–Trinajstić information content (AvgIpc) is 3.68. The maximum atomic E-state index is 5.40. The largest absolute Gasteiger partial charge is 0.309 e. The Morgan fingerprint density at radius 1 is 0.317 bits per heavy atom. The van der Waals surface area contributed by atoms with Gasteiger partial charge in [-0.25, -0.2) is 24.9 Å². The molecule has 0 saturated carbocycles. The molecule has 0 radical (unpaired) electrons. The molecule has 8 aromatic carbocycles. The Morgan fingerprint density at radius 3 is 1.44 bits per heavy atom. The quantitative estimate of drug-likeness (QED) is 0.153. The van der Waals surface area contributed by atoms with E-state index in [9.17, 15) is 0 Å². The highest BCUT2D eigenvalue weighted by Gasteiger charge is 2.21. The van der Waals surface area contributed by atoms with E-state index in [2.05, 4.69) is 128 Å². The molecule has 11 rings (SSSR count). The van der Waals surface area contributed by atoms with Crippen molar-refractivity contribution >= 4 is 21.8 Å². The van der Waals surface area contributed by atoms with Crippen LogP contribution in [-0.4, -0.2) is 29.5 Å². The summed E-state index contributed by atoms with van der Waals surface area (Å²) in [7, 11) is 0. The first-order chi connectivity index (χ1) is 31.0. The van der Waals surface area contributed by atoms with E-state index in [0.29, 0.717) is 23.3 Å². The highest BCUT2D eigenvalue weighted by Crippen LogP contribution is 2.41. The summed E-state index contributed by atoms with van der Waals surface area (Å²) in [6, 6.07) is 71.5. The van der Waals surface area contributed by atoms with Gasteiger partial charge in [0, 0.05) is 44.2 Å². The van der Waals surface area contributed by atoms with Gasteiger partial charge < -0.3 is 4.57 Å². The van der Waals surface area contributed by atoms with Crippen LogP contribution in [0.5, 0.6) is 0 Å². The first kappa shape index (κ1) is 37.6. The zero-order valence-corrected chi connectivity index (χ0v) is 34.8. The summed E-state index contributed by atoms with van der Waals surface area (Å²) in [4.78, 5) is 25.9. The van der Waals surface area contributed by atoms with E-state index < -0.39 is 0 Å². The number of aryl methyl sites for hydroxylation is 2. The first-order valence-electron chi connectivity index (χ1n) is 21.2. The smallest absolute Gasteiger partial charge is 0.164 e. The van der Waals surface area contributed by atoms with Crippen molar-refractivity contribution in [2.24, 2.45) is 0 Å². The molecule has 0 fully saturated rings. The summed E-state index contributed by atoms with van der Waals surface area (Å²) in [5.74, 6) is 2.41. The first-order valence-corrected chi connectivity index (χ1v) is 21.2. The second-order valence-electron chi connectivity index (χ2n) is 15.9. The zero-order chi connectivity index (χ0) is 42.3. The van der Waals surface area contributed by atoms with Crippen molar-refractivity contribution in [2.45, 2.75) is 13.8 Å². The van der Waals surface area contributed by atoms with Crippen LogP contribution in [0.2, 0.25) is 0 Å². The van der Waals surface area contributed by atoms with Crippen LogP contribution in [0.25, 0.3) is 107 Å². The van der Waals surface area contributed by atoms with E-state index in [4.69, 9.17) is 24.9 Å². The van der Waals surface area contributed by atoms with Gasteiger partial charge in [0.1, 0.15) is 0 Å². The van der Waals surface area contributed by atoms with E-state index in [-0.39, 0.29) is 0 Å². The van der Waals surface area contributed by atoms with Crippen LogP contribution in [0, 0.1) is 13.8 Å². The van der Waals surface area contributed by atoms with Crippen LogP contribution < -0.4 is 0 Å². The van der Waals surface area contributed by atoms with E-state index in [1.165, 1.54) is 27.5 Å². The predicted molar refractivity (Wildman–Crippen MR) is 257 cm³/mol. The second kappa shape index (κ2) is 15.9. The normalized spacial score (nSPS) is 11.3. The fraction of sp³-hybridized carbons (Fsp3) is 0.0351. The fourth-order valence-corrected chi connectivity index (χ4v) is 8.61. The molecule has 0 spiro atoms. The maximum absolute atomic E-state index is 5.40. The van der Waals surface area contributed by atoms with Gasteiger partial charge >= 0.3 is 0 Å². The molecule has 0 unspecified atom stereocenters. The molecule has 0 atom stereocenters. The minimum absolute atomic E-state index is 0.565. The summed E-state index contributed by atoms with van der Waals surface area (Å²) in [6.45, 7) is 4.33. The molecule has 63 heavy (non-hydrogen) atoms. The number of aromatic nitrogens is 6. The topological polar surface area (TPSA) is 69.4 Å². The molecule has 6 heteroatoms. The number of rotatable bonds is 8. The van der Waals surface area contributed by atoms with Crippen LogP contribution >= 0.6 is 0 Å². The minimum atomic E-state index is 0.565. The van der Waals surface area contributed by atoms with Gasteiger partial charge in [0.25, 0.3) is 0 Å². The highest BCUT2D eigenvalue weighted by atomic mass is 15.0. The van der Waals surface area contributed by atoms with Gasteiger partial charge in [0.2, 0.25) is 0 Å². The standard InChI is InChI=1S/C57H40N6/c1-37-27-30-45(38(2)33-37)43-28-31-47-46-25-15-16-26-51(46)63(53(47)35-43)52-32-29-44(57-61-55(41-21-11-5-12-22-41)60-56(62-57)42-23-13-6-14-24-42)34-48(52)50-36-49(39-17-7-3-8-18-39)58-54(59-50)40-19-9-4-10-20-40/h3-36H,1-2H3. The van der Waals surface area contributed by atoms with E-state index in [1.54, 1.807) is 0 Å². The molecule has 3 aromatic heterocycles. The van der Waals surface area contributed by atoms with Crippen molar-refractivity contribution in [3.63, 3.8) is 0 Å². The SMILES string of the molecule is Cc1ccc(-c2ccc3c4ccccc4n(-c4ccc(-c5nc(-c6ccccc6)nc(-c6ccccc6)n5)cc4-c4cc(-c5ccccc5)nc(-c5ccccc5)n4)c3c2)c(C)c1. The molecule has 0 aliphatic carbocycles. The monoisotopic (exact) mass is 808 g/mol. The molecule has 0 saturated heterocycles. The summed E-state index contributed by atoms with van der Waals surface area (Å²) < 4.78 is 2.39. The lowest BCUT2D eigenvalue weighted by Crippen LogP contribution is -2.03. The summed E-state index contributed by atoms with van der Waals surface area (Å²) in [6.07, 6.45) is 0. The van der Waals surface area contributed by atoms with Crippen molar-refractivity contribution in [1.82, 2.24) is 29.5 Å². The number of hydrogen-bond donors (Lipinski definition) is 0. The highest BCUT2D eigenvalue weighted by molar-refractivity contribution is 6.11. The Labute approximate surface area is 365 Å². The molecule has 0 aliphatic heterocycles. The van der Waals surface area contributed by atoms with Gasteiger partial charge in [-0.3, -0.25) is 0 Å². The van der Waals surface area contributed by atoms with Gasteiger partial charge in [0.15, 0.2) is 23.3 Å². The van der Waals surface area contributed by atoms with E-state index in [1.807, 2.05) is 97.1 Å². The maximum Gasteiger partial charge on any atom is 0.164 e. The molecule has 298 valence electrons. The Balaban J connectivity index is 1.21. The summed E-state index contributed by atoms with van der Waals surface area (Å²) in [5, 5.41) is 2.34. The third kappa shape index (κ3) is 7.13.